The zero-order valence-electron chi connectivity index (χ0n) is 9.86. The second-order valence-electron chi connectivity index (χ2n) is 3.89. The zero-order valence-corrected chi connectivity index (χ0v) is 12.2. The van der Waals surface area contributed by atoms with Crippen molar-refractivity contribution in [1.29, 1.82) is 0 Å². The Labute approximate surface area is 124 Å². The number of benzene rings is 2. The Bertz CT molecular complexity index is 616. The molecule has 5 heteroatoms. The van der Waals surface area contributed by atoms with Gasteiger partial charge in [-0.1, -0.05) is 29.8 Å². The maximum absolute atomic E-state index is 12.1. The Morgan fingerprint density at radius 2 is 2.00 bits per heavy atom. The summed E-state index contributed by atoms with van der Waals surface area (Å²) >= 11 is 9.14. The lowest BCUT2D eigenvalue weighted by Crippen LogP contribution is -2.13. The smallest absolute Gasteiger partial charge is 0.256 e. The molecule has 98 valence electrons. The van der Waals surface area contributed by atoms with Gasteiger partial charge < -0.3 is 10.4 Å². The minimum Gasteiger partial charge on any atom is -0.392 e. The normalized spacial score (nSPS) is 10.3. The van der Waals surface area contributed by atoms with E-state index in [9.17, 15) is 9.90 Å². The number of anilines is 1. The molecule has 0 atom stereocenters. The van der Waals surface area contributed by atoms with Crippen molar-refractivity contribution in [3.8, 4) is 0 Å². The lowest BCUT2D eigenvalue weighted by atomic mass is 10.1. The topological polar surface area (TPSA) is 49.3 Å². The number of halogens is 2. The first kappa shape index (κ1) is 14.1. The molecule has 2 aromatic rings. The van der Waals surface area contributed by atoms with E-state index in [0.717, 1.165) is 0 Å². The molecule has 2 rings (SSSR count). The van der Waals surface area contributed by atoms with Crippen molar-refractivity contribution >= 4 is 39.1 Å². The van der Waals surface area contributed by atoms with Gasteiger partial charge in [0.2, 0.25) is 0 Å². The largest absolute Gasteiger partial charge is 0.392 e. The van der Waals surface area contributed by atoms with Crippen LogP contribution in [0.2, 0.25) is 5.02 Å². The van der Waals surface area contributed by atoms with E-state index in [1.807, 2.05) is 0 Å². The maximum atomic E-state index is 12.1. The van der Waals surface area contributed by atoms with Gasteiger partial charge in [-0.2, -0.15) is 0 Å². The summed E-state index contributed by atoms with van der Waals surface area (Å²) in [4.78, 5) is 12.1. The average Bonchev–Trinajstić information content (AvgIpc) is 2.39. The fraction of sp³-hybridized carbons (Fsp3) is 0.0714. The van der Waals surface area contributed by atoms with Gasteiger partial charge in [-0.3, -0.25) is 4.79 Å². The van der Waals surface area contributed by atoms with Crippen LogP contribution in [-0.2, 0) is 6.61 Å². The van der Waals surface area contributed by atoms with Crippen LogP contribution in [0.4, 0.5) is 5.69 Å². The van der Waals surface area contributed by atoms with Gasteiger partial charge in [-0.25, -0.2) is 0 Å². The lowest BCUT2D eigenvalue weighted by molar-refractivity contribution is 0.102. The number of nitrogens with one attached hydrogen (secondary N) is 1. The van der Waals surface area contributed by atoms with Crippen LogP contribution in [0.3, 0.4) is 0 Å². The molecule has 3 nitrogen and oxygen atoms in total. The summed E-state index contributed by atoms with van der Waals surface area (Å²) in [7, 11) is 0. The Kier molecular flexibility index (Phi) is 4.58. The van der Waals surface area contributed by atoms with E-state index in [0.29, 0.717) is 26.3 Å². The highest BCUT2D eigenvalue weighted by Crippen LogP contribution is 2.23. The zero-order chi connectivity index (χ0) is 13.8. The van der Waals surface area contributed by atoms with Gasteiger partial charge in [0.05, 0.1) is 12.2 Å². The molecule has 0 unspecified atom stereocenters. The number of rotatable bonds is 3. The second-order valence-corrected chi connectivity index (χ2v) is 5.18. The number of amides is 1. The van der Waals surface area contributed by atoms with Crippen LogP contribution in [0.25, 0.3) is 0 Å². The molecule has 0 aliphatic heterocycles. The summed E-state index contributed by atoms with van der Waals surface area (Å²) in [5.41, 5.74) is 1.75. The van der Waals surface area contributed by atoms with Crippen LogP contribution in [0, 0.1) is 0 Å². The van der Waals surface area contributed by atoms with Gasteiger partial charge in [0.15, 0.2) is 0 Å². The van der Waals surface area contributed by atoms with Crippen molar-refractivity contribution in [3.63, 3.8) is 0 Å². The third-order valence-electron chi connectivity index (χ3n) is 2.61. The van der Waals surface area contributed by atoms with E-state index in [4.69, 9.17) is 11.6 Å². The Morgan fingerprint density at radius 3 is 2.68 bits per heavy atom. The monoisotopic (exact) mass is 339 g/mol. The Hall–Kier alpha value is -1.36. The van der Waals surface area contributed by atoms with Crippen molar-refractivity contribution < 1.29 is 9.90 Å². The van der Waals surface area contributed by atoms with Crippen molar-refractivity contribution in [2.24, 2.45) is 0 Å². The van der Waals surface area contributed by atoms with Crippen molar-refractivity contribution in [2.75, 3.05) is 5.32 Å². The van der Waals surface area contributed by atoms with E-state index in [1.165, 1.54) is 0 Å². The molecular formula is C14H11BrClNO2. The van der Waals surface area contributed by atoms with Gasteiger partial charge in [-0.15, -0.1) is 0 Å². The minimum absolute atomic E-state index is 0.127. The van der Waals surface area contributed by atoms with Crippen molar-refractivity contribution in [1.82, 2.24) is 0 Å². The number of carbonyl (C=O) groups excluding carboxylic acids is 1. The van der Waals surface area contributed by atoms with Crippen LogP contribution in [0.1, 0.15) is 15.9 Å². The fourth-order valence-electron chi connectivity index (χ4n) is 1.64. The van der Waals surface area contributed by atoms with E-state index in [2.05, 4.69) is 21.2 Å². The molecule has 0 aliphatic carbocycles. The molecule has 0 heterocycles. The highest BCUT2D eigenvalue weighted by atomic mass is 79.9. The van der Waals surface area contributed by atoms with Gasteiger partial charge in [0.25, 0.3) is 5.91 Å². The van der Waals surface area contributed by atoms with E-state index in [1.54, 1.807) is 42.5 Å². The number of carbonyl (C=O) groups is 1. The number of hydrogen-bond donors (Lipinski definition) is 2. The average molecular weight is 341 g/mol. The molecular weight excluding hydrogens is 330 g/mol. The predicted octanol–water partition coefficient (Wildman–Crippen LogP) is 3.85. The summed E-state index contributed by atoms with van der Waals surface area (Å²) in [6, 6.07) is 12.1. The van der Waals surface area contributed by atoms with E-state index >= 15 is 0 Å². The second kappa shape index (κ2) is 6.19. The third-order valence-corrected chi connectivity index (χ3v) is 3.50. The summed E-state index contributed by atoms with van der Waals surface area (Å²) in [5.74, 6) is -0.260. The molecule has 0 radical (unpaired) electrons. The highest BCUT2D eigenvalue weighted by molar-refractivity contribution is 9.10. The molecule has 2 N–H and O–H groups in total. The number of para-hydroxylation sites is 1. The fourth-order valence-corrected chi connectivity index (χ4v) is 2.51. The summed E-state index contributed by atoms with van der Waals surface area (Å²) in [5, 5.41) is 12.5. The molecule has 0 aliphatic rings. The third kappa shape index (κ3) is 3.35. The molecule has 1 amide bonds. The van der Waals surface area contributed by atoms with Crippen LogP contribution < -0.4 is 5.32 Å². The SMILES string of the molecule is O=C(Nc1ccccc1CO)c1ccc(Cl)cc1Br. The minimum atomic E-state index is -0.260. The van der Waals surface area contributed by atoms with Gasteiger partial charge in [0, 0.05) is 20.7 Å². The molecule has 0 saturated heterocycles. The molecule has 0 fully saturated rings. The number of aliphatic hydroxyl groups excluding tert-OH is 1. The standard InChI is InChI=1S/C14H11BrClNO2/c15-12-7-10(16)5-6-11(12)14(19)17-13-4-2-1-3-9(13)8-18/h1-7,18H,8H2,(H,17,19). The van der Waals surface area contributed by atoms with Gasteiger partial charge >= 0.3 is 0 Å². The molecule has 19 heavy (non-hydrogen) atoms. The van der Waals surface area contributed by atoms with Gasteiger partial charge in [0.1, 0.15) is 0 Å². The molecule has 0 saturated carbocycles. The van der Waals surface area contributed by atoms with Crippen LogP contribution in [0.5, 0.6) is 0 Å². The quantitative estimate of drug-likeness (QED) is 0.891. The van der Waals surface area contributed by atoms with Crippen molar-refractivity contribution in [2.45, 2.75) is 6.61 Å². The van der Waals surface area contributed by atoms with Crippen LogP contribution >= 0.6 is 27.5 Å². The number of aliphatic hydroxyl groups is 1. The van der Waals surface area contributed by atoms with E-state index < -0.39 is 0 Å². The Balaban J connectivity index is 2.26. The number of hydrogen-bond acceptors (Lipinski definition) is 2. The summed E-state index contributed by atoms with van der Waals surface area (Å²) in [6.07, 6.45) is 0. The molecule has 0 bridgehead atoms. The summed E-state index contributed by atoms with van der Waals surface area (Å²) in [6.45, 7) is -0.127. The first-order valence-electron chi connectivity index (χ1n) is 5.57. The first-order valence-corrected chi connectivity index (χ1v) is 6.74. The summed E-state index contributed by atoms with van der Waals surface area (Å²) < 4.78 is 0.624. The first-order chi connectivity index (χ1) is 9.11. The Morgan fingerprint density at radius 1 is 1.26 bits per heavy atom. The maximum Gasteiger partial charge on any atom is 0.256 e. The molecule has 0 spiro atoms. The van der Waals surface area contributed by atoms with Crippen molar-refractivity contribution in [3.05, 3.63) is 63.1 Å². The van der Waals surface area contributed by atoms with Crippen LogP contribution in [0.15, 0.2) is 46.9 Å². The molecule has 0 aromatic heterocycles. The van der Waals surface area contributed by atoms with E-state index in [-0.39, 0.29) is 12.5 Å². The van der Waals surface area contributed by atoms with Gasteiger partial charge in [-0.05, 0) is 40.2 Å². The predicted molar refractivity (Wildman–Crippen MR) is 79.5 cm³/mol. The van der Waals surface area contributed by atoms with Crippen LogP contribution in [-0.4, -0.2) is 11.0 Å². The highest BCUT2D eigenvalue weighted by Gasteiger charge is 2.12. The lowest BCUT2D eigenvalue weighted by Gasteiger charge is -2.10. The molecule has 2 aromatic carbocycles.